The molecule has 4 rings (SSSR count). The Bertz CT molecular complexity index is 1180. The lowest BCUT2D eigenvalue weighted by Gasteiger charge is -2.26. The van der Waals surface area contributed by atoms with Gasteiger partial charge in [-0.1, -0.05) is 11.3 Å². The first-order valence-corrected chi connectivity index (χ1v) is 12.6. The summed E-state index contributed by atoms with van der Waals surface area (Å²) in [6, 6.07) is 6.63. The van der Waals surface area contributed by atoms with Gasteiger partial charge in [0.05, 0.1) is 34.4 Å². The number of thiazole rings is 2. The zero-order valence-electron chi connectivity index (χ0n) is 16.9. The van der Waals surface area contributed by atoms with Crippen LogP contribution in [0.3, 0.4) is 0 Å². The summed E-state index contributed by atoms with van der Waals surface area (Å²) in [4.78, 5) is 21.3. The molecule has 3 heterocycles. The van der Waals surface area contributed by atoms with Crippen molar-refractivity contribution in [2.45, 2.75) is 18.7 Å². The van der Waals surface area contributed by atoms with Gasteiger partial charge in [-0.05, 0) is 31.2 Å². The third kappa shape index (κ3) is 4.93. The van der Waals surface area contributed by atoms with Crippen molar-refractivity contribution in [3.63, 3.8) is 0 Å². The maximum absolute atomic E-state index is 12.7. The van der Waals surface area contributed by atoms with Crippen molar-refractivity contribution in [1.82, 2.24) is 14.3 Å². The van der Waals surface area contributed by atoms with Crippen molar-refractivity contribution >= 4 is 54.6 Å². The van der Waals surface area contributed by atoms with Crippen LogP contribution >= 0.6 is 22.7 Å². The molecule has 1 saturated heterocycles. The molecule has 9 nitrogen and oxygen atoms in total. The third-order valence-corrected chi connectivity index (χ3v) is 8.30. The van der Waals surface area contributed by atoms with E-state index in [2.05, 4.69) is 20.6 Å². The lowest BCUT2D eigenvalue weighted by Crippen LogP contribution is -2.40. The van der Waals surface area contributed by atoms with Crippen molar-refractivity contribution in [1.29, 1.82) is 0 Å². The van der Waals surface area contributed by atoms with Crippen LogP contribution in [0.15, 0.2) is 34.5 Å². The van der Waals surface area contributed by atoms with E-state index in [1.165, 1.54) is 33.9 Å². The average molecular weight is 480 g/mol. The molecule has 0 unspecified atom stereocenters. The molecule has 0 radical (unpaired) electrons. The van der Waals surface area contributed by atoms with Crippen LogP contribution in [0.1, 0.15) is 12.6 Å². The Kier molecular flexibility index (Phi) is 6.34. The minimum absolute atomic E-state index is 0.167. The van der Waals surface area contributed by atoms with Gasteiger partial charge in [-0.2, -0.15) is 4.31 Å². The van der Waals surface area contributed by atoms with Gasteiger partial charge in [0.15, 0.2) is 10.3 Å². The highest BCUT2D eigenvalue weighted by molar-refractivity contribution is 7.89. The second kappa shape index (κ2) is 9.01. The van der Waals surface area contributed by atoms with E-state index in [0.717, 1.165) is 22.0 Å². The van der Waals surface area contributed by atoms with Crippen LogP contribution in [0.5, 0.6) is 0 Å². The van der Waals surface area contributed by atoms with Gasteiger partial charge in [0, 0.05) is 31.1 Å². The Balaban J connectivity index is 1.47. The Morgan fingerprint density at radius 1 is 1.13 bits per heavy atom. The molecule has 2 aromatic heterocycles. The van der Waals surface area contributed by atoms with Crippen LogP contribution < -0.4 is 10.6 Å². The third-order valence-electron chi connectivity index (χ3n) is 4.53. The molecule has 12 heteroatoms. The minimum Gasteiger partial charge on any atom is -0.379 e. The summed E-state index contributed by atoms with van der Waals surface area (Å²) in [6.07, 6.45) is 0. The van der Waals surface area contributed by atoms with Gasteiger partial charge in [0.1, 0.15) is 0 Å². The van der Waals surface area contributed by atoms with E-state index in [4.69, 9.17) is 4.74 Å². The van der Waals surface area contributed by atoms with Gasteiger partial charge in [0.25, 0.3) is 0 Å². The monoisotopic (exact) mass is 479 g/mol. The number of ether oxygens (including phenoxy) is 1. The molecule has 1 aromatic carbocycles. The maximum Gasteiger partial charge on any atom is 0.243 e. The Morgan fingerprint density at radius 3 is 2.52 bits per heavy atom. The number of amides is 1. The fourth-order valence-electron chi connectivity index (χ4n) is 3.04. The van der Waals surface area contributed by atoms with Crippen molar-refractivity contribution in [3.8, 4) is 10.6 Å². The number of rotatable bonds is 6. The SMILES string of the molecule is CC(=O)Nc1nc(C)c(-c2csc(Nc3ccc(S(=O)(=O)N4CCOCC4)cc3)n2)s1. The second-order valence-electron chi connectivity index (χ2n) is 6.82. The number of aromatic nitrogens is 2. The maximum atomic E-state index is 12.7. The number of anilines is 3. The molecule has 3 aromatic rings. The summed E-state index contributed by atoms with van der Waals surface area (Å²) < 4.78 is 32.1. The van der Waals surface area contributed by atoms with Gasteiger partial charge in [-0.25, -0.2) is 18.4 Å². The fourth-order valence-corrected chi connectivity index (χ4v) is 6.22. The molecule has 1 amide bonds. The van der Waals surface area contributed by atoms with Crippen molar-refractivity contribution in [2.75, 3.05) is 36.9 Å². The first kappa shape index (κ1) is 21.8. The molecule has 0 saturated carbocycles. The first-order chi connectivity index (χ1) is 14.8. The van der Waals surface area contributed by atoms with Gasteiger partial charge >= 0.3 is 0 Å². The Hall–Kier alpha value is -2.38. The van der Waals surface area contributed by atoms with E-state index in [0.29, 0.717) is 36.6 Å². The van der Waals surface area contributed by atoms with E-state index < -0.39 is 10.0 Å². The highest BCUT2D eigenvalue weighted by Gasteiger charge is 2.26. The number of carbonyl (C=O) groups is 1. The van der Waals surface area contributed by atoms with Crippen LogP contribution in [-0.4, -0.2) is 54.9 Å². The van der Waals surface area contributed by atoms with Gasteiger partial charge in [0.2, 0.25) is 15.9 Å². The molecule has 0 bridgehead atoms. The van der Waals surface area contributed by atoms with Crippen LogP contribution in [-0.2, 0) is 19.6 Å². The summed E-state index contributed by atoms with van der Waals surface area (Å²) in [6.45, 7) is 4.87. The highest BCUT2D eigenvalue weighted by Crippen LogP contribution is 2.35. The number of nitrogens with zero attached hydrogens (tertiary/aromatic N) is 3. The lowest BCUT2D eigenvalue weighted by atomic mass is 10.3. The van der Waals surface area contributed by atoms with Crippen molar-refractivity contribution < 1.29 is 17.9 Å². The zero-order valence-corrected chi connectivity index (χ0v) is 19.4. The van der Waals surface area contributed by atoms with E-state index in [1.54, 1.807) is 24.3 Å². The van der Waals surface area contributed by atoms with E-state index in [1.807, 2.05) is 12.3 Å². The lowest BCUT2D eigenvalue weighted by molar-refractivity contribution is -0.114. The summed E-state index contributed by atoms with van der Waals surface area (Å²) in [5, 5.41) is 9.03. The number of sulfonamides is 1. The van der Waals surface area contributed by atoms with Crippen LogP contribution in [0.2, 0.25) is 0 Å². The molecule has 0 atom stereocenters. The molecule has 31 heavy (non-hydrogen) atoms. The van der Waals surface area contributed by atoms with Gasteiger partial charge < -0.3 is 15.4 Å². The summed E-state index contributed by atoms with van der Waals surface area (Å²) >= 11 is 2.80. The van der Waals surface area contributed by atoms with Gasteiger partial charge in [-0.3, -0.25) is 4.79 Å². The quantitative estimate of drug-likeness (QED) is 0.558. The van der Waals surface area contributed by atoms with Crippen molar-refractivity contribution in [3.05, 3.63) is 35.3 Å². The summed E-state index contributed by atoms with van der Waals surface area (Å²) in [5.41, 5.74) is 2.30. The normalized spacial score (nSPS) is 15.0. The molecule has 1 aliphatic rings. The Morgan fingerprint density at radius 2 is 1.84 bits per heavy atom. The largest absolute Gasteiger partial charge is 0.379 e. The van der Waals surface area contributed by atoms with E-state index in [9.17, 15) is 13.2 Å². The molecule has 0 aliphatic carbocycles. The van der Waals surface area contributed by atoms with Crippen molar-refractivity contribution in [2.24, 2.45) is 0 Å². The molecule has 1 fully saturated rings. The topological polar surface area (TPSA) is 114 Å². The second-order valence-corrected chi connectivity index (χ2v) is 10.6. The summed E-state index contributed by atoms with van der Waals surface area (Å²) in [5.74, 6) is -0.167. The number of hydrogen-bond donors (Lipinski definition) is 2. The van der Waals surface area contributed by atoms with Crippen LogP contribution in [0.25, 0.3) is 10.6 Å². The van der Waals surface area contributed by atoms with Gasteiger partial charge in [-0.15, -0.1) is 11.3 Å². The number of benzene rings is 1. The average Bonchev–Trinajstić information content (AvgIpc) is 3.34. The molecule has 0 spiro atoms. The first-order valence-electron chi connectivity index (χ1n) is 9.49. The minimum atomic E-state index is -3.52. The standard InChI is InChI=1S/C19H21N5O4S3/c1-12-17(30-19(20-12)21-13(2)25)16-11-29-18(23-16)22-14-3-5-15(6-4-14)31(26,27)24-7-9-28-10-8-24/h3-6,11H,7-10H2,1-2H3,(H,22,23)(H,20,21,25). The Labute approximate surface area is 188 Å². The number of carbonyl (C=O) groups excluding carboxylic acids is 1. The number of nitrogens with one attached hydrogen (secondary N) is 2. The van der Waals surface area contributed by atoms with Crippen LogP contribution in [0.4, 0.5) is 16.0 Å². The zero-order chi connectivity index (χ0) is 22.0. The number of aryl methyl sites for hydroxylation is 1. The highest BCUT2D eigenvalue weighted by atomic mass is 32.2. The molecular weight excluding hydrogens is 458 g/mol. The van der Waals surface area contributed by atoms with Crippen LogP contribution in [0, 0.1) is 6.92 Å². The number of morpholine rings is 1. The predicted octanol–water partition coefficient (Wildman–Crippen LogP) is 3.30. The molecule has 1 aliphatic heterocycles. The predicted molar refractivity (Wildman–Crippen MR) is 122 cm³/mol. The summed E-state index contributed by atoms with van der Waals surface area (Å²) in [7, 11) is -3.52. The molecular formula is C19H21N5O4S3. The molecule has 2 N–H and O–H groups in total. The fraction of sp³-hybridized carbons (Fsp3) is 0.316. The van der Waals surface area contributed by atoms with E-state index >= 15 is 0 Å². The smallest absolute Gasteiger partial charge is 0.243 e. The molecule has 164 valence electrons. The van der Waals surface area contributed by atoms with E-state index in [-0.39, 0.29) is 10.8 Å². The number of hydrogen-bond acceptors (Lipinski definition) is 9.